The van der Waals surface area contributed by atoms with E-state index in [9.17, 15) is 0 Å². The van der Waals surface area contributed by atoms with Gasteiger partial charge in [0.05, 0.1) is 6.20 Å². The highest BCUT2D eigenvalue weighted by Gasteiger charge is 1.90. The number of fused-ring (bicyclic) bond motifs is 1. The molecule has 0 aromatic carbocycles. The Bertz CT molecular complexity index is 400. The fourth-order valence-electron chi connectivity index (χ4n) is 0.781. The van der Waals surface area contributed by atoms with Crippen LogP contribution >= 0.6 is 0 Å². The molecule has 4 heteroatoms. The van der Waals surface area contributed by atoms with Crippen LogP contribution in [0.4, 0.5) is 0 Å². The zero-order valence-electron chi connectivity index (χ0n) is 5.11. The third kappa shape index (κ3) is 0.621. The molecule has 0 amide bonds. The number of hydrogen-bond donors (Lipinski definition) is 1. The second-order valence-corrected chi connectivity index (χ2v) is 1.90. The highest BCUT2D eigenvalue weighted by molar-refractivity contribution is 5.32. The van der Waals surface area contributed by atoms with Gasteiger partial charge in [-0.3, -0.25) is 5.41 Å². The molecule has 0 fully saturated rings. The molecule has 0 aliphatic rings. The lowest BCUT2D eigenvalue weighted by atomic mass is 10.6. The van der Waals surface area contributed by atoms with Crippen molar-refractivity contribution in [1.29, 1.82) is 5.41 Å². The predicted octanol–water partition coefficient (Wildman–Crippen LogP) is 0.407. The fraction of sp³-hybridized carbons (Fsp3) is 0. The van der Waals surface area contributed by atoms with Crippen molar-refractivity contribution in [3.63, 3.8) is 0 Å². The summed E-state index contributed by atoms with van der Waals surface area (Å²) in [4.78, 5) is 3.87. The zero-order chi connectivity index (χ0) is 6.97. The number of nitrogens with zero attached hydrogens (tertiary/aromatic N) is 2. The predicted molar refractivity (Wildman–Crippen MR) is 33.3 cm³/mol. The lowest BCUT2D eigenvalue weighted by Crippen LogP contribution is -2.04. The minimum absolute atomic E-state index is 0.251. The normalized spacial score (nSPS) is 10.4. The second-order valence-electron chi connectivity index (χ2n) is 1.90. The molecule has 0 unspecified atom stereocenters. The van der Waals surface area contributed by atoms with Gasteiger partial charge < -0.3 is 4.52 Å². The van der Waals surface area contributed by atoms with E-state index in [0.717, 1.165) is 0 Å². The highest BCUT2D eigenvalue weighted by Crippen LogP contribution is 1.94. The topological polar surface area (TPSA) is 54.3 Å². The van der Waals surface area contributed by atoms with Crippen molar-refractivity contribution in [3.8, 4) is 0 Å². The molecule has 0 atom stereocenters. The quantitative estimate of drug-likeness (QED) is 0.568. The Balaban J connectivity index is 2.99. The molecule has 10 heavy (non-hydrogen) atoms. The molecular formula is C6H5N3O. The first-order valence-electron chi connectivity index (χ1n) is 2.84. The number of rotatable bonds is 0. The summed E-state index contributed by atoms with van der Waals surface area (Å²) in [6.45, 7) is 0. The maximum atomic E-state index is 7.15. The molecule has 2 heterocycles. The molecule has 1 N–H and O–H groups in total. The van der Waals surface area contributed by atoms with E-state index in [1.807, 2.05) is 0 Å². The molecule has 2 rings (SSSR count). The van der Waals surface area contributed by atoms with Crippen molar-refractivity contribution in [2.45, 2.75) is 0 Å². The molecule has 2 aromatic heterocycles. The maximum Gasteiger partial charge on any atom is 0.174 e. The van der Waals surface area contributed by atoms with Crippen LogP contribution in [0.1, 0.15) is 0 Å². The van der Waals surface area contributed by atoms with Gasteiger partial charge in [-0.1, -0.05) is 0 Å². The van der Waals surface area contributed by atoms with E-state index in [0.29, 0.717) is 5.65 Å². The summed E-state index contributed by atoms with van der Waals surface area (Å²) in [5.41, 5.74) is 0.911. The van der Waals surface area contributed by atoms with Crippen molar-refractivity contribution in [2.75, 3.05) is 0 Å². The van der Waals surface area contributed by atoms with Crippen LogP contribution < -0.4 is 5.49 Å². The summed E-state index contributed by atoms with van der Waals surface area (Å²) in [6, 6.07) is 3.27. The van der Waals surface area contributed by atoms with Crippen LogP contribution in [-0.2, 0) is 0 Å². The molecule has 0 radical (unpaired) electrons. The Labute approximate surface area is 56.2 Å². The monoisotopic (exact) mass is 135 g/mol. The second kappa shape index (κ2) is 1.70. The van der Waals surface area contributed by atoms with Gasteiger partial charge >= 0.3 is 0 Å². The van der Waals surface area contributed by atoms with E-state index >= 15 is 0 Å². The number of aromatic nitrogens is 2. The van der Waals surface area contributed by atoms with E-state index in [-0.39, 0.29) is 5.49 Å². The van der Waals surface area contributed by atoms with Crippen molar-refractivity contribution in [2.24, 2.45) is 0 Å². The van der Waals surface area contributed by atoms with E-state index in [1.54, 1.807) is 18.3 Å². The van der Waals surface area contributed by atoms with Gasteiger partial charge in [0.2, 0.25) is 0 Å². The summed E-state index contributed by atoms with van der Waals surface area (Å²) in [6.07, 6.45) is 3.19. The molecule has 0 saturated carbocycles. The van der Waals surface area contributed by atoms with Crippen LogP contribution in [0.3, 0.4) is 0 Å². The Morgan fingerprint density at radius 3 is 3.30 bits per heavy atom. The lowest BCUT2D eigenvalue weighted by molar-refractivity contribution is 0.372. The van der Waals surface area contributed by atoms with Gasteiger partial charge in [0, 0.05) is 12.1 Å². The Morgan fingerprint density at radius 2 is 2.40 bits per heavy atom. The van der Waals surface area contributed by atoms with E-state index in [1.165, 1.54) is 10.8 Å². The van der Waals surface area contributed by atoms with Gasteiger partial charge in [-0.2, -0.15) is 4.57 Å². The van der Waals surface area contributed by atoms with Crippen molar-refractivity contribution >= 4 is 5.65 Å². The summed E-state index contributed by atoms with van der Waals surface area (Å²) >= 11 is 0. The van der Waals surface area contributed by atoms with E-state index < -0.39 is 0 Å². The van der Waals surface area contributed by atoms with Gasteiger partial charge in [0.1, 0.15) is 11.8 Å². The molecule has 0 saturated heterocycles. The van der Waals surface area contributed by atoms with Crippen LogP contribution in [-0.4, -0.2) is 9.56 Å². The smallest absolute Gasteiger partial charge is 0.174 e. The van der Waals surface area contributed by atoms with Crippen LogP contribution in [0, 0.1) is 5.41 Å². The SMILES string of the molecule is N=c1ccn2occc2n1. The molecule has 2 aromatic rings. The zero-order valence-corrected chi connectivity index (χ0v) is 5.11. The number of hydrogen-bond acceptors (Lipinski definition) is 3. The Kier molecular flexibility index (Phi) is 0.887. The summed E-state index contributed by atoms with van der Waals surface area (Å²) in [5, 5.41) is 7.15. The third-order valence-electron chi connectivity index (χ3n) is 1.22. The van der Waals surface area contributed by atoms with Gasteiger partial charge in [0.15, 0.2) is 5.65 Å². The first kappa shape index (κ1) is 5.22. The third-order valence-corrected chi connectivity index (χ3v) is 1.22. The minimum Gasteiger partial charge on any atom is -0.381 e. The Hall–Kier alpha value is -1.58. The van der Waals surface area contributed by atoms with Gasteiger partial charge in [-0.05, 0) is 0 Å². The molecule has 0 bridgehead atoms. The maximum absolute atomic E-state index is 7.15. The number of nitrogens with one attached hydrogen (secondary N) is 1. The van der Waals surface area contributed by atoms with Crippen LogP contribution in [0.2, 0.25) is 0 Å². The summed E-state index contributed by atoms with van der Waals surface area (Å²) in [7, 11) is 0. The highest BCUT2D eigenvalue weighted by atomic mass is 16.5. The molecule has 50 valence electrons. The first-order valence-corrected chi connectivity index (χ1v) is 2.84. The van der Waals surface area contributed by atoms with Gasteiger partial charge in [-0.25, -0.2) is 4.98 Å². The van der Waals surface area contributed by atoms with Crippen LogP contribution in [0.5, 0.6) is 0 Å². The standard InChI is InChI=1S/C6H5N3O/c7-5-1-3-9-6(8-5)2-4-10-9/h1-4,7H. The summed E-state index contributed by atoms with van der Waals surface area (Å²) in [5.74, 6) is 0. The molecular weight excluding hydrogens is 130 g/mol. The lowest BCUT2D eigenvalue weighted by Gasteiger charge is -1.86. The average Bonchev–Trinajstić information content (AvgIpc) is 2.33. The van der Waals surface area contributed by atoms with Crippen molar-refractivity contribution in [1.82, 2.24) is 9.56 Å². The molecule has 0 aliphatic heterocycles. The first-order chi connectivity index (χ1) is 4.86. The van der Waals surface area contributed by atoms with Crippen molar-refractivity contribution < 1.29 is 4.52 Å². The molecule has 4 nitrogen and oxygen atoms in total. The fourth-order valence-corrected chi connectivity index (χ4v) is 0.781. The van der Waals surface area contributed by atoms with Gasteiger partial charge in [-0.15, -0.1) is 0 Å². The largest absolute Gasteiger partial charge is 0.381 e. The van der Waals surface area contributed by atoms with Crippen LogP contribution in [0.25, 0.3) is 5.65 Å². The van der Waals surface area contributed by atoms with E-state index in [4.69, 9.17) is 9.93 Å². The van der Waals surface area contributed by atoms with E-state index in [2.05, 4.69) is 4.98 Å². The van der Waals surface area contributed by atoms with Crippen molar-refractivity contribution in [3.05, 3.63) is 30.1 Å². The average molecular weight is 135 g/mol. The molecule has 0 aliphatic carbocycles. The minimum atomic E-state index is 0.251. The summed E-state index contributed by atoms with van der Waals surface area (Å²) < 4.78 is 6.44. The van der Waals surface area contributed by atoms with Gasteiger partial charge in [0.25, 0.3) is 0 Å². The Morgan fingerprint density at radius 1 is 1.50 bits per heavy atom. The molecule has 0 spiro atoms. The van der Waals surface area contributed by atoms with Crippen LogP contribution in [0.15, 0.2) is 29.1 Å².